The first kappa shape index (κ1) is 19.9. The van der Waals surface area contributed by atoms with Crippen molar-refractivity contribution in [2.45, 2.75) is 13.8 Å². The molecule has 1 amide bonds. The number of pyridine rings is 1. The molecule has 1 aromatic heterocycles. The second kappa shape index (κ2) is 7.89. The topological polar surface area (TPSA) is 42.0 Å². The number of nitrogens with zero attached hydrogens (tertiary/aromatic N) is 1. The lowest BCUT2D eigenvalue weighted by molar-refractivity contribution is 0.102. The Kier molecular flexibility index (Phi) is 4.91. The highest BCUT2D eigenvalue weighted by molar-refractivity contribution is 6.15. The predicted octanol–water partition coefficient (Wildman–Crippen LogP) is 7.06. The highest BCUT2D eigenvalue weighted by atomic mass is 19.1. The Morgan fingerprint density at radius 1 is 0.844 bits per heavy atom. The molecule has 0 saturated carbocycles. The number of amides is 1. The van der Waals surface area contributed by atoms with E-state index < -0.39 is 0 Å². The van der Waals surface area contributed by atoms with Gasteiger partial charge in [-0.3, -0.25) is 4.79 Å². The minimum absolute atomic E-state index is 0.206. The number of hydrogen-bond acceptors (Lipinski definition) is 2. The Balaban J connectivity index is 1.67. The predicted molar refractivity (Wildman–Crippen MR) is 129 cm³/mol. The van der Waals surface area contributed by atoms with E-state index in [0.717, 1.165) is 44.1 Å². The summed E-state index contributed by atoms with van der Waals surface area (Å²) in [6.45, 7) is 4.00. The van der Waals surface area contributed by atoms with Crippen molar-refractivity contribution >= 4 is 33.3 Å². The SMILES string of the molecule is Cc1cc(C)c2nc(-c3ccc(F)cc3)cc(C(=O)Nc3cccc4ccccc34)c2c1. The van der Waals surface area contributed by atoms with E-state index >= 15 is 0 Å². The van der Waals surface area contributed by atoms with Crippen molar-refractivity contribution < 1.29 is 9.18 Å². The third-order valence-electron chi connectivity index (χ3n) is 5.67. The third-order valence-corrected chi connectivity index (χ3v) is 5.67. The van der Waals surface area contributed by atoms with Gasteiger partial charge in [-0.25, -0.2) is 9.37 Å². The number of fused-ring (bicyclic) bond motifs is 2. The standard InChI is InChI=1S/C28H21FN2O/c1-17-14-18(2)27-23(15-17)24(16-26(30-27)20-10-12-21(29)13-11-20)28(32)31-25-9-5-7-19-6-3-4-8-22(19)25/h3-16H,1-2H3,(H,31,32). The summed E-state index contributed by atoms with van der Waals surface area (Å²) < 4.78 is 13.5. The second-order valence-electron chi connectivity index (χ2n) is 8.02. The number of halogens is 1. The van der Waals surface area contributed by atoms with Crippen LogP contribution in [0.15, 0.2) is 84.9 Å². The van der Waals surface area contributed by atoms with Crippen LogP contribution in [0.5, 0.6) is 0 Å². The number of nitrogens with one attached hydrogen (secondary N) is 1. The minimum atomic E-state index is -0.310. The van der Waals surface area contributed by atoms with Crippen molar-refractivity contribution in [2.24, 2.45) is 0 Å². The molecule has 3 nitrogen and oxygen atoms in total. The number of hydrogen-bond donors (Lipinski definition) is 1. The number of carbonyl (C=O) groups excluding carboxylic acids is 1. The third kappa shape index (κ3) is 3.60. The first-order valence-electron chi connectivity index (χ1n) is 10.5. The fraction of sp³-hybridized carbons (Fsp3) is 0.0714. The average Bonchev–Trinajstić information content (AvgIpc) is 2.79. The molecule has 0 aliphatic rings. The van der Waals surface area contributed by atoms with E-state index in [4.69, 9.17) is 4.98 Å². The van der Waals surface area contributed by atoms with Gasteiger partial charge in [-0.15, -0.1) is 0 Å². The van der Waals surface area contributed by atoms with Crippen molar-refractivity contribution in [2.75, 3.05) is 5.32 Å². The van der Waals surface area contributed by atoms with Gasteiger partial charge in [0.1, 0.15) is 5.82 Å². The van der Waals surface area contributed by atoms with Gasteiger partial charge in [-0.1, -0.05) is 48.0 Å². The summed E-state index contributed by atoms with van der Waals surface area (Å²) in [4.78, 5) is 18.3. The molecule has 0 radical (unpaired) electrons. The molecule has 156 valence electrons. The van der Waals surface area contributed by atoms with Crippen molar-refractivity contribution in [3.05, 3.63) is 107 Å². The molecule has 1 heterocycles. The van der Waals surface area contributed by atoms with Crippen LogP contribution in [0.1, 0.15) is 21.5 Å². The van der Waals surface area contributed by atoms with E-state index in [0.29, 0.717) is 11.3 Å². The fourth-order valence-electron chi connectivity index (χ4n) is 4.16. The van der Waals surface area contributed by atoms with Gasteiger partial charge in [-0.05, 0) is 67.3 Å². The second-order valence-corrected chi connectivity index (χ2v) is 8.02. The lowest BCUT2D eigenvalue weighted by Crippen LogP contribution is -2.13. The molecule has 0 saturated heterocycles. The summed E-state index contributed by atoms with van der Waals surface area (Å²) in [7, 11) is 0. The zero-order valence-electron chi connectivity index (χ0n) is 17.8. The van der Waals surface area contributed by atoms with Crippen LogP contribution >= 0.6 is 0 Å². The Morgan fingerprint density at radius 3 is 2.41 bits per heavy atom. The van der Waals surface area contributed by atoms with E-state index in [1.54, 1.807) is 18.2 Å². The van der Waals surface area contributed by atoms with Gasteiger partial charge in [0.15, 0.2) is 0 Å². The maximum absolute atomic E-state index is 13.5. The molecule has 4 heteroatoms. The van der Waals surface area contributed by atoms with Gasteiger partial charge >= 0.3 is 0 Å². The molecule has 5 aromatic rings. The van der Waals surface area contributed by atoms with Crippen LogP contribution in [0.3, 0.4) is 0 Å². The monoisotopic (exact) mass is 420 g/mol. The van der Waals surface area contributed by atoms with E-state index in [9.17, 15) is 9.18 Å². The summed E-state index contributed by atoms with van der Waals surface area (Å²) in [6, 6.07) is 25.8. The molecule has 0 spiro atoms. The summed E-state index contributed by atoms with van der Waals surface area (Å²) in [5, 5.41) is 5.93. The number of aryl methyl sites for hydroxylation is 2. The highest BCUT2D eigenvalue weighted by Gasteiger charge is 2.17. The maximum atomic E-state index is 13.5. The first-order valence-corrected chi connectivity index (χ1v) is 10.5. The van der Waals surface area contributed by atoms with Crippen molar-refractivity contribution in [3.8, 4) is 11.3 Å². The van der Waals surface area contributed by atoms with Gasteiger partial charge in [0, 0.05) is 22.0 Å². The largest absolute Gasteiger partial charge is 0.321 e. The van der Waals surface area contributed by atoms with Crippen LogP contribution in [0.2, 0.25) is 0 Å². The zero-order chi connectivity index (χ0) is 22.2. The smallest absolute Gasteiger partial charge is 0.256 e. The van der Waals surface area contributed by atoms with Crippen LogP contribution < -0.4 is 5.32 Å². The highest BCUT2D eigenvalue weighted by Crippen LogP contribution is 2.30. The molecule has 32 heavy (non-hydrogen) atoms. The summed E-state index contributed by atoms with van der Waals surface area (Å²) in [5.41, 5.74) is 5.49. The van der Waals surface area contributed by atoms with Crippen LogP contribution in [0.4, 0.5) is 10.1 Å². The van der Waals surface area contributed by atoms with E-state index in [1.807, 2.05) is 62.4 Å². The van der Waals surface area contributed by atoms with Crippen molar-refractivity contribution in [1.29, 1.82) is 0 Å². The van der Waals surface area contributed by atoms with E-state index in [1.165, 1.54) is 12.1 Å². The number of rotatable bonds is 3. The average molecular weight is 420 g/mol. The molecular weight excluding hydrogens is 399 g/mol. The molecule has 0 fully saturated rings. The van der Waals surface area contributed by atoms with Crippen LogP contribution in [0.25, 0.3) is 32.9 Å². The Bertz CT molecular complexity index is 1480. The molecule has 0 bridgehead atoms. The minimum Gasteiger partial charge on any atom is -0.321 e. The molecule has 0 unspecified atom stereocenters. The van der Waals surface area contributed by atoms with E-state index in [-0.39, 0.29) is 11.7 Å². The lowest BCUT2D eigenvalue weighted by atomic mass is 9.99. The Morgan fingerprint density at radius 2 is 1.59 bits per heavy atom. The van der Waals surface area contributed by atoms with Crippen LogP contribution in [0, 0.1) is 19.7 Å². The summed E-state index contributed by atoms with van der Waals surface area (Å²) in [5.74, 6) is -0.516. The molecule has 0 aliphatic heterocycles. The van der Waals surface area contributed by atoms with E-state index in [2.05, 4.69) is 11.4 Å². The molecule has 5 rings (SSSR count). The molecule has 1 N–H and O–H groups in total. The van der Waals surface area contributed by atoms with Crippen LogP contribution in [-0.2, 0) is 0 Å². The number of benzene rings is 4. The van der Waals surface area contributed by atoms with Gasteiger partial charge in [0.05, 0.1) is 16.8 Å². The number of anilines is 1. The van der Waals surface area contributed by atoms with Crippen molar-refractivity contribution in [1.82, 2.24) is 4.98 Å². The summed E-state index contributed by atoms with van der Waals surface area (Å²) >= 11 is 0. The van der Waals surface area contributed by atoms with Gasteiger partial charge < -0.3 is 5.32 Å². The fourth-order valence-corrected chi connectivity index (χ4v) is 4.16. The summed E-state index contributed by atoms with van der Waals surface area (Å²) in [6.07, 6.45) is 0. The zero-order valence-corrected chi connectivity index (χ0v) is 17.8. The molecule has 0 aliphatic carbocycles. The van der Waals surface area contributed by atoms with Gasteiger partial charge in [0.2, 0.25) is 0 Å². The lowest BCUT2D eigenvalue weighted by Gasteiger charge is -2.14. The Hall–Kier alpha value is -4.05. The van der Waals surface area contributed by atoms with Crippen molar-refractivity contribution in [3.63, 3.8) is 0 Å². The maximum Gasteiger partial charge on any atom is 0.256 e. The molecule has 4 aromatic carbocycles. The quantitative estimate of drug-likeness (QED) is 0.339. The first-order chi connectivity index (χ1) is 15.5. The number of carbonyl (C=O) groups is 1. The van der Waals surface area contributed by atoms with Gasteiger partial charge in [-0.2, -0.15) is 0 Å². The molecule has 0 atom stereocenters. The Labute approximate surface area is 185 Å². The van der Waals surface area contributed by atoms with Gasteiger partial charge in [0.25, 0.3) is 5.91 Å². The molecular formula is C28H21FN2O. The number of aromatic nitrogens is 1. The normalized spacial score (nSPS) is 11.1. The van der Waals surface area contributed by atoms with Crippen LogP contribution in [-0.4, -0.2) is 10.9 Å².